The molecule has 0 atom stereocenters. The second-order valence-electron chi connectivity index (χ2n) is 5.30. The van der Waals surface area contributed by atoms with Gasteiger partial charge in [-0.2, -0.15) is 0 Å². The summed E-state index contributed by atoms with van der Waals surface area (Å²) < 4.78 is 0. The highest BCUT2D eigenvalue weighted by molar-refractivity contribution is 14.0. The van der Waals surface area contributed by atoms with Crippen molar-refractivity contribution in [3.05, 3.63) is 54.0 Å². The van der Waals surface area contributed by atoms with E-state index in [0.29, 0.717) is 6.54 Å². The van der Waals surface area contributed by atoms with Crippen molar-refractivity contribution in [2.24, 2.45) is 4.99 Å². The van der Waals surface area contributed by atoms with E-state index in [1.807, 2.05) is 49.5 Å². The van der Waals surface area contributed by atoms with Gasteiger partial charge in [0.15, 0.2) is 5.96 Å². The number of nitrogens with zero attached hydrogens (tertiary/aromatic N) is 4. The minimum absolute atomic E-state index is 0. The molecular formula is C17H25IN6. The first-order valence-electron chi connectivity index (χ1n) is 7.66. The van der Waals surface area contributed by atoms with Gasteiger partial charge < -0.3 is 15.5 Å². The molecule has 0 saturated carbocycles. The molecule has 2 aromatic heterocycles. The van der Waals surface area contributed by atoms with Crippen LogP contribution in [0.2, 0.25) is 0 Å². The normalized spacial score (nSPS) is 10.7. The van der Waals surface area contributed by atoms with Gasteiger partial charge in [-0.15, -0.1) is 24.0 Å². The Morgan fingerprint density at radius 2 is 1.88 bits per heavy atom. The van der Waals surface area contributed by atoms with Gasteiger partial charge in [0.2, 0.25) is 0 Å². The maximum atomic E-state index is 4.40. The molecule has 0 unspecified atom stereocenters. The monoisotopic (exact) mass is 440 g/mol. The van der Waals surface area contributed by atoms with Crippen molar-refractivity contribution >= 4 is 35.8 Å². The van der Waals surface area contributed by atoms with E-state index in [1.54, 1.807) is 13.2 Å². The molecule has 0 spiro atoms. The van der Waals surface area contributed by atoms with Gasteiger partial charge in [-0.05, 0) is 18.2 Å². The Balaban J connectivity index is 0.00000288. The zero-order chi connectivity index (χ0) is 16.5. The van der Waals surface area contributed by atoms with Crippen LogP contribution in [0, 0.1) is 0 Å². The fraction of sp³-hybridized carbons (Fsp3) is 0.353. The smallest absolute Gasteiger partial charge is 0.191 e. The fourth-order valence-corrected chi connectivity index (χ4v) is 2.23. The van der Waals surface area contributed by atoms with Crippen LogP contribution in [0.1, 0.15) is 11.3 Å². The topological polar surface area (TPSA) is 65.4 Å². The summed E-state index contributed by atoms with van der Waals surface area (Å²) in [5, 5.41) is 6.62. The molecule has 0 aliphatic heterocycles. The second-order valence-corrected chi connectivity index (χ2v) is 5.30. The zero-order valence-corrected chi connectivity index (χ0v) is 16.7. The quantitative estimate of drug-likeness (QED) is 0.409. The molecule has 2 aromatic rings. The number of hydrogen-bond acceptors (Lipinski definition) is 4. The maximum absolute atomic E-state index is 4.40. The molecule has 2 N–H and O–H groups in total. The maximum Gasteiger partial charge on any atom is 0.191 e. The fourth-order valence-electron chi connectivity index (χ4n) is 2.23. The number of aromatic nitrogens is 2. The van der Waals surface area contributed by atoms with E-state index in [2.05, 4.69) is 31.7 Å². The summed E-state index contributed by atoms with van der Waals surface area (Å²) in [5.41, 5.74) is 2.20. The summed E-state index contributed by atoms with van der Waals surface area (Å²) in [6, 6.07) is 9.96. The zero-order valence-electron chi connectivity index (χ0n) is 14.4. The molecule has 0 bridgehead atoms. The number of aliphatic imine (C=N–C) groups is 1. The van der Waals surface area contributed by atoms with E-state index in [1.165, 1.54) is 0 Å². The third-order valence-electron chi connectivity index (χ3n) is 3.36. The highest BCUT2D eigenvalue weighted by Gasteiger charge is 2.06. The summed E-state index contributed by atoms with van der Waals surface area (Å²) in [7, 11) is 5.75. The largest absolute Gasteiger partial charge is 0.362 e. The summed E-state index contributed by atoms with van der Waals surface area (Å²) in [6.45, 7) is 1.45. The summed E-state index contributed by atoms with van der Waals surface area (Å²) in [6.07, 6.45) is 4.48. The van der Waals surface area contributed by atoms with Crippen molar-refractivity contribution in [2.45, 2.75) is 13.0 Å². The summed E-state index contributed by atoms with van der Waals surface area (Å²) in [4.78, 5) is 15.0. The molecule has 130 valence electrons. The van der Waals surface area contributed by atoms with Gasteiger partial charge in [-0.3, -0.25) is 9.98 Å². The molecule has 0 radical (unpaired) electrons. The highest BCUT2D eigenvalue weighted by Crippen LogP contribution is 2.13. The van der Waals surface area contributed by atoms with Crippen molar-refractivity contribution in [3.63, 3.8) is 0 Å². The average molecular weight is 440 g/mol. The minimum atomic E-state index is 0. The lowest BCUT2D eigenvalue weighted by atomic mass is 10.2. The molecule has 0 aliphatic carbocycles. The molecule has 0 saturated heterocycles. The molecule has 24 heavy (non-hydrogen) atoms. The van der Waals surface area contributed by atoms with Gasteiger partial charge in [0, 0.05) is 64.3 Å². The summed E-state index contributed by atoms with van der Waals surface area (Å²) >= 11 is 0. The van der Waals surface area contributed by atoms with Crippen LogP contribution in [0.15, 0.2) is 47.7 Å². The third-order valence-corrected chi connectivity index (χ3v) is 3.36. The first kappa shape index (κ1) is 20.1. The number of hydrogen-bond donors (Lipinski definition) is 2. The number of guanidine groups is 1. The molecular weight excluding hydrogens is 415 g/mol. The van der Waals surface area contributed by atoms with Crippen molar-refractivity contribution in [1.82, 2.24) is 20.6 Å². The molecule has 0 amide bonds. The van der Waals surface area contributed by atoms with Crippen molar-refractivity contribution in [2.75, 3.05) is 32.6 Å². The SMILES string of the molecule is CN=C(NCCc1ccccn1)NCc1cccnc1N(C)C.I. The van der Waals surface area contributed by atoms with Crippen molar-refractivity contribution in [1.29, 1.82) is 0 Å². The van der Waals surface area contributed by atoms with Crippen molar-refractivity contribution < 1.29 is 0 Å². The molecule has 0 fully saturated rings. The van der Waals surface area contributed by atoms with Gasteiger partial charge in [-0.25, -0.2) is 4.98 Å². The van der Waals surface area contributed by atoms with Crippen LogP contribution in [-0.4, -0.2) is 43.6 Å². The number of anilines is 1. The Bertz CT molecular complexity index is 630. The van der Waals surface area contributed by atoms with Crippen molar-refractivity contribution in [3.8, 4) is 0 Å². The van der Waals surface area contributed by atoms with Gasteiger partial charge >= 0.3 is 0 Å². The Labute approximate surface area is 160 Å². The van der Waals surface area contributed by atoms with Crippen LogP contribution in [0.4, 0.5) is 5.82 Å². The van der Waals surface area contributed by atoms with Gasteiger partial charge in [-0.1, -0.05) is 12.1 Å². The highest BCUT2D eigenvalue weighted by atomic mass is 127. The van der Waals surface area contributed by atoms with Crippen LogP contribution >= 0.6 is 24.0 Å². The van der Waals surface area contributed by atoms with E-state index in [4.69, 9.17) is 0 Å². The Morgan fingerprint density at radius 3 is 2.54 bits per heavy atom. The predicted molar refractivity (Wildman–Crippen MR) is 110 cm³/mol. The second kappa shape index (κ2) is 10.8. The Kier molecular flexibility index (Phi) is 9.06. The van der Waals surface area contributed by atoms with E-state index in [9.17, 15) is 0 Å². The number of pyridine rings is 2. The molecule has 2 heterocycles. The Hall–Kier alpha value is -1.90. The van der Waals surface area contributed by atoms with Gasteiger partial charge in [0.05, 0.1) is 0 Å². The van der Waals surface area contributed by atoms with Crippen LogP contribution < -0.4 is 15.5 Å². The third kappa shape index (κ3) is 6.31. The predicted octanol–water partition coefficient (Wildman–Crippen LogP) is 2.07. The minimum Gasteiger partial charge on any atom is -0.362 e. The van der Waals surface area contributed by atoms with Crippen LogP contribution in [0.25, 0.3) is 0 Å². The van der Waals surface area contributed by atoms with E-state index >= 15 is 0 Å². The lowest BCUT2D eigenvalue weighted by Crippen LogP contribution is -2.38. The molecule has 7 heteroatoms. The Morgan fingerprint density at radius 1 is 1.08 bits per heavy atom. The van der Waals surface area contributed by atoms with Crippen LogP contribution in [0.5, 0.6) is 0 Å². The van der Waals surface area contributed by atoms with E-state index < -0.39 is 0 Å². The first-order chi connectivity index (χ1) is 11.2. The summed E-state index contributed by atoms with van der Waals surface area (Å²) in [5.74, 6) is 1.73. The van der Waals surface area contributed by atoms with E-state index in [-0.39, 0.29) is 24.0 Å². The molecule has 0 aliphatic rings. The first-order valence-corrected chi connectivity index (χ1v) is 7.66. The number of halogens is 1. The van der Waals surface area contributed by atoms with Crippen LogP contribution in [-0.2, 0) is 13.0 Å². The standard InChI is InChI=1S/C17H24N6.HI/c1-18-17(21-12-9-15-8-4-5-10-19-15)22-13-14-7-6-11-20-16(14)23(2)3;/h4-8,10-11H,9,12-13H2,1-3H3,(H2,18,21,22);1H. The number of nitrogens with one attached hydrogen (secondary N) is 2. The lowest BCUT2D eigenvalue weighted by Gasteiger charge is -2.17. The molecule has 0 aromatic carbocycles. The van der Waals surface area contributed by atoms with E-state index in [0.717, 1.165) is 36.0 Å². The van der Waals surface area contributed by atoms with Crippen LogP contribution in [0.3, 0.4) is 0 Å². The average Bonchev–Trinajstić information content (AvgIpc) is 2.59. The van der Waals surface area contributed by atoms with Gasteiger partial charge in [0.25, 0.3) is 0 Å². The number of rotatable bonds is 6. The van der Waals surface area contributed by atoms with Gasteiger partial charge in [0.1, 0.15) is 5.82 Å². The molecule has 2 rings (SSSR count). The lowest BCUT2D eigenvalue weighted by molar-refractivity contribution is 0.781. The molecule has 6 nitrogen and oxygen atoms in total.